The molecule has 1 heterocycles. The smallest absolute Gasteiger partial charge is 0.255 e. The standard InChI is InChI=1S/C20H20IN3O2/c1-20(24-13-12-22-15-24,14-26-18-6-4-3-5-7-18)23(2)19(25)16-8-10-17(21)11-9-16/h3-13,15H,14H2,1-2H3. The number of rotatable bonds is 6. The maximum atomic E-state index is 13.0. The van der Waals surface area contributed by atoms with Crippen molar-refractivity contribution in [2.45, 2.75) is 12.6 Å². The largest absolute Gasteiger partial charge is 0.489 e. The van der Waals surface area contributed by atoms with E-state index in [9.17, 15) is 4.79 Å². The van der Waals surface area contributed by atoms with Crippen LogP contribution in [0.4, 0.5) is 0 Å². The Balaban J connectivity index is 1.87. The molecule has 1 amide bonds. The Kier molecular flexibility index (Phi) is 5.61. The van der Waals surface area contributed by atoms with Gasteiger partial charge >= 0.3 is 0 Å². The highest BCUT2D eigenvalue weighted by molar-refractivity contribution is 14.1. The van der Waals surface area contributed by atoms with E-state index in [1.165, 1.54) is 0 Å². The molecule has 0 radical (unpaired) electrons. The quantitative estimate of drug-likeness (QED) is 0.522. The van der Waals surface area contributed by atoms with Gasteiger partial charge in [0.1, 0.15) is 12.4 Å². The summed E-state index contributed by atoms with van der Waals surface area (Å²) in [6, 6.07) is 17.1. The third-order valence-corrected chi connectivity index (χ3v) is 5.15. The molecular weight excluding hydrogens is 441 g/mol. The molecule has 0 bridgehead atoms. The highest BCUT2D eigenvalue weighted by Crippen LogP contribution is 2.24. The number of para-hydroxylation sites is 1. The molecule has 1 unspecified atom stereocenters. The Labute approximate surface area is 166 Å². The van der Waals surface area contributed by atoms with E-state index in [2.05, 4.69) is 27.6 Å². The number of hydrogen-bond donors (Lipinski definition) is 0. The van der Waals surface area contributed by atoms with Crippen LogP contribution in [0.1, 0.15) is 17.3 Å². The zero-order chi connectivity index (χ0) is 18.6. The summed E-state index contributed by atoms with van der Waals surface area (Å²) in [5.74, 6) is 0.684. The lowest BCUT2D eigenvalue weighted by atomic mass is 10.1. The minimum Gasteiger partial charge on any atom is -0.489 e. The lowest BCUT2D eigenvalue weighted by Gasteiger charge is -2.39. The highest BCUT2D eigenvalue weighted by atomic mass is 127. The molecule has 0 saturated heterocycles. The number of ether oxygens (including phenoxy) is 1. The Bertz CT molecular complexity index is 851. The van der Waals surface area contributed by atoms with E-state index in [4.69, 9.17) is 4.74 Å². The van der Waals surface area contributed by atoms with Crippen molar-refractivity contribution in [3.05, 3.63) is 82.5 Å². The van der Waals surface area contributed by atoms with Crippen molar-refractivity contribution in [3.8, 4) is 5.75 Å². The van der Waals surface area contributed by atoms with Gasteiger partial charge in [-0.25, -0.2) is 4.98 Å². The van der Waals surface area contributed by atoms with Crippen LogP contribution in [0, 0.1) is 3.57 Å². The molecule has 0 aliphatic carbocycles. The minimum atomic E-state index is -0.730. The number of imidazole rings is 1. The van der Waals surface area contributed by atoms with E-state index < -0.39 is 5.66 Å². The van der Waals surface area contributed by atoms with E-state index in [0.717, 1.165) is 9.32 Å². The van der Waals surface area contributed by atoms with E-state index in [-0.39, 0.29) is 5.91 Å². The lowest BCUT2D eigenvalue weighted by Crippen LogP contribution is -2.52. The summed E-state index contributed by atoms with van der Waals surface area (Å²) in [6.45, 7) is 2.25. The fourth-order valence-electron chi connectivity index (χ4n) is 2.63. The third kappa shape index (κ3) is 3.90. The Morgan fingerprint density at radius 1 is 1.19 bits per heavy atom. The van der Waals surface area contributed by atoms with Crippen LogP contribution in [0.5, 0.6) is 5.75 Å². The molecule has 0 aliphatic rings. The summed E-state index contributed by atoms with van der Waals surface area (Å²) < 4.78 is 8.96. The molecule has 1 atom stereocenters. The van der Waals surface area contributed by atoms with Crippen LogP contribution >= 0.6 is 22.6 Å². The Morgan fingerprint density at radius 3 is 2.50 bits per heavy atom. The molecule has 2 aromatic carbocycles. The SMILES string of the molecule is CN(C(=O)c1ccc(I)cc1)C(C)(COc1ccccc1)n1ccnc1. The number of hydrogen-bond acceptors (Lipinski definition) is 3. The fraction of sp³-hybridized carbons (Fsp3) is 0.200. The second-order valence-electron chi connectivity index (χ2n) is 6.16. The van der Waals surface area contributed by atoms with Crippen LogP contribution in [0.15, 0.2) is 73.3 Å². The van der Waals surface area contributed by atoms with E-state index in [1.54, 1.807) is 24.5 Å². The number of carbonyl (C=O) groups is 1. The molecular formula is C20H20IN3O2. The van der Waals surface area contributed by atoms with Crippen molar-refractivity contribution in [2.75, 3.05) is 13.7 Å². The second kappa shape index (κ2) is 7.90. The van der Waals surface area contributed by atoms with Crippen LogP contribution in [0.2, 0.25) is 0 Å². The fourth-order valence-corrected chi connectivity index (χ4v) is 2.99. The number of halogens is 1. The molecule has 0 N–H and O–H groups in total. The Hall–Kier alpha value is -2.35. The van der Waals surface area contributed by atoms with Gasteiger partial charge in [-0.15, -0.1) is 0 Å². The molecule has 3 aromatic rings. The van der Waals surface area contributed by atoms with Gasteiger partial charge in [0, 0.05) is 28.6 Å². The van der Waals surface area contributed by atoms with E-state index >= 15 is 0 Å². The summed E-state index contributed by atoms with van der Waals surface area (Å²) in [6.07, 6.45) is 5.24. The molecule has 1 aromatic heterocycles. The minimum absolute atomic E-state index is 0.0748. The van der Waals surface area contributed by atoms with Gasteiger partial charge in [0.2, 0.25) is 0 Å². The van der Waals surface area contributed by atoms with E-state index in [1.807, 2.05) is 72.3 Å². The van der Waals surface area contributed by atoms with Crippen molar-refractivity contribution in [1.82, 2.24) is 14.5 Å². The van der Waals surface area contributed by atoms with Crippen molar-refractivity contribution >= 4 is 28.5 Å². The molecule has 26 heavy (non-hydrogen) atoms. The summed E-state index contributed by atoms with van der Waals surface area (Å²) >= 11 is 2.22. The number of likely N-dealkylation sites (N-methyl/N-ethyl adjacent to an activating group) is 1. The van der Waals surface area contributed by atoms with Crippen molar-refractivity contribution in [1.29, 1.82) is 0 Å². The average molecular weight is 461 g/mol. The van der Waals surface area contributed by atoms with Gasteiger partial charge in [0.05, 0.1) is 6.33 Å². The maximum absolute atomic E-state index is 13.0. The number of carbonyl (C=O) groups excluding carboxylic acids is 1. The maximum Gasteiger partial charge on any atom is 0.255 e. The first-order valence-corrected chi connectivity index (χ1v) is 9.28. The van der Waals surface area contributed by atoms with Gasteiger partial charge in [-0.05, 0) is 65.9 Å². The topological polar surface area (TPSA) is 47.4 Å². The molecule has 0 fully saturated rings. The summed E-state index contributed by atoms with van der Waals surface area (Å²) in [4.78, 5) is 18.9. The van der Waals surface area contributed by atoms with Gasteiger partial charge in [0.25, 0.3) is 5.91 Å². The average Bonchev–Trinajstić information content (AvgIpc) is 3.22. The predicted octanol–water partition coefficient (Wildman–Crippen LogP) is 4.01. The number of amides is 1. The molecule has 3 rings (SSSR count). The van der Waals surface area contributed by atoms with Crippen LogP contribution in [0.25, 0.3) is 0 Å². The molecule has 0 spiro atoms. The van der Waals surface area contributed by atoms with Crippen LogP contribution < -0.4 is 4.74 Å². The van der Waals surface area contributed by atoms with Crippen molar-refractivity contribution in [3.63, 3.8) is 0 Å². The van der Waals surface area contributed by atoms with Crippen molar-refractivity contribution < 1.29 is 9.53 Å². The number of benzene rings is 2. The second-order valence-corrected chi connectivity index (χ2v) is 7.41. The number of nitrogens with zero attached hydrogens (tertiary/aromatic N) is 3. The Morgan fingerprint density at radius 2 is 1.88 bits per heavy atom. The first-order chi connectivity index (χ1) is 12.5. The molecule has 0 aliphatic heterocycles. The van der Waals surface area contributed by atoms with Crippen molar-refractivity contribution in [2.24, 2.45) is 0 Å². The normalized spacial score (nSPS) is 13.0. The molecule has 134 valence electrons. The monoisotopic (exact) mass is 461 g/mol. The van der Waals surface area contributed by atoms with Gasteiger partial charge in [-0.2, -0.15) is 0 Å². The lowest BCUT2D eigenvalue weighted by molar-refractivity contribution is 0.0122. The number of aromatic nitrogens is 2. The van der Waals surface area contributed by atoms with Crippen LogP contribution in [0.3, 0.4) is 0 Å². The summed E-state index contributed by atoms with van der Waals surface area (Å²) in [5.41, 5.74) is -0.0918. The summed E-state index contributed by atoms with van der Waals surface area (Å²) in [5, 5.41) is 0. The van der Waals surface area contributed by atoms with Crippen LogP contribution in [-0.4, -0.2) is 34.0 Å². The predicted molar refractivity (Wildman–Crippen MR) is 109 cm³/mol. The van der Waals surface area contributed by atoms with Gasteiger partial charge in [0.15, 0.2) is 5.66 Å². The highest BCUT2D eigenvalue weighted by Gasteiger charge is 2.35. The molecule has 0 saturated carbocycles. The first kappa shape index (κ1) is 18.4. The van der Waals surface area contributed by atoms with Gasteiger partial charge in [-0.1, -0.05) is 18.2 Å². The zero-order valence-electron chi connectivity index (χ0n) is 14.7. The van der Waals surface area contributed by atoms with Gasteiger partial charge in [-0.3, -0.25) is 4.79 Å². The van der Waals surface area contributed by atoms with Gasteiger partial charge < -0.3 is 14.2 Å². The van der Waals surface area contributed by atoms with Crippen LogP contribution in [-0.2, 0) is 5.66 Å². The summed E-state index contributed by atoms with van der Waals surface area (Å²) in [7, 11) is 1.79. The zero-order valence-corrected chi connectivity index (χ0v) is 16.8. The molecule has 5 nitrogen and oxygen atoms in total. The first-order valence-electron chi connectivity index (χ1n) is 8.21. The third-order valence-electron chi connectivity index (χ3n) is 4.43. The van der Waals surface area contributed by atoms with E-state index in [0.29, 0.717) is 12.2 Å². The molecule has 6 heteroatoms.